The first kappa shape index (κ1) is 16.8. The Bertz CT molecular complexity index is 354. The Labute approximate surface area is 143 Å². The average Bonchev–Trinajstić information content (AvgIpc) is 2.28. The van der Waals surface area contributed by atoms with E-state index in [1.807, 2.05) is 30.3 Å². The largest absolute Gasteiger partial charge is 1.00 e. The van der Waals surface area contributed by atoms with Crippen LogP contribution < -0.4 is 56.7 Å². The van der Waals surface area contributed by atoms with E-state index in [-0.39, 0.29) is 70.1 Å². The van der Waals surface area contributed by atoms with Gasteiger partial charge >= 0.3 is 57.4 Å². The molecule has 0 heterocycles. The number of hydrogen-bond donors (Lipinski definition) is 2. The Morgan fingerprint density at radius 1 is 1.12 bits per heavy atom. The summed E-state index contributed by atoms with van der Waals surface area (Å²) in [5.41, 5.74) is 1.15. The summed E-state index contributed by atoms with van der Waals surface area (Å²) >= 11 is 0. The van der Waals surface area contributed by atoms with Gasteiger partial charge in [-0.1, -0.05) is 30.3 Å². The van der Waals surface area contributed by atoms with Crippen LogP contribution in [0.4, 0.5) is 0 Å². The molecule has 0 saturated carbocycles. The normalized spacial score (nSPS) is 9.18. The molecule has 0 radical (unpaired) electrons. The second-order valence-corrected chi connectivity index (χ2v) is 3.48. The van der Waals surface area contributed by atoms with E-state index in [0.29, 0.717) is 6.54 Å². The van der Waals surface area contributed by atoms with Gasteiger partial charge in [-0.05, 0) is 12.0 Å². The van der Waals surface area contributed by atoms with Crippen LogP contribution in [0.3, 0.4) is 0 Å². The quantitative estimate of drug-likeness (QED) is 0.594. The molecular formula is C12H15KNO3+. The summed E-state index contributed by atoms with van der Waals surface area (Å²) in [4.78, 5) is 21.4. The molecule has 0 spiro atoms. The summed E-state index contributed by atoms with van der Waals surface area (Å²) in [5, 5.41) is 11.1. The number of carbonyl (C=O) groups excluding carboxylic acids is 1. The Kier molecular flexibility index (Phi) is 9.67. The molecule has 0 saturated heterocycles. The first-order chi connectivity index (χ1) is 7.68. The van der Waals surface area contributed by atoms with Crippen LogP contribution >= 0.6 is 0 Å². The molecule has 0 aliphatic heterocycles. The summed E-state index contributed by atoms with van der Waals surface area (Å²) < 4.78 is 0. The number of carboxylic acids is 1. The van der Waals surface area contributed by atoms with E-state index < -0.39 is 5.97 Å². The van der Waals surface area contributed by atoms with Crippen molar-refractivity contribution in [3.8, 4) is 0 Å². The fraction of sp³-hybridized carbons (Fsp3) is 0.333. The molecule has 0 aliphatic carbocycles. The van der Waals surface area contributed by atoms with E-state index in [1.165, 1.54) is 0 Å². The van der Waals surface area contributed by atoms with Crippen molar-refractivity contribution in [3.63, 3.8) is 0 Å². The van der Waals surface area contributed by atoms with Crippen molar-refractivity contribution in [1.29, 1.82) is 0 Å². The van der Waals surface area contributed by atoms with E-state index in [1.54, 1.807) is 0 Å². The minimum atomic E-state index is -0.946. The monoisotopic (exact) mass is 260 g/mol. The number of hydrogen-bond acceptors (Lipinski definition) is 2. The van der Waals surface area contributed by atoms with Crippen molar-refractivity contribution in [2.45, 2.75) is 19.3 Å². The van der Waals surface area contributed by atoms with Gasteiger partial charge < -0.3 is 10.4 Å². The van der Waals surface area contributed by atoms with Crippen molar-refractivity contribution in [3.05, 3.63) is 35.9 Å². The van der Waals surface area contributed by atoms with Crippen molar-refractivity contribution < 1.29 is 66.1 Å². The fourth-order valence-corrected chi connectivity index (χ4v) is 1.30. The minimum Gasteiger partial charge on any atom is -0.481 e. The average molecular weight is 260 g/mol. The Balaban J connectivity index is 0.00000256. The Morgan fingerprint density at radius 3 is 2.35 bits per heavy atom. The van der Waals surface area contributed by atoms with Crippen LogP contribution in [0.5, 0.6) is 0 Å². The molecule has 0 bridgehead atoms. The molecule has 1 aromatic carbocycles. The summed E-state index contributed by atoms with van der Waals surface area (Å²) in [6.45, 7) is 0.544. The summed E-state index contributed by atoms with van der Waals surface area (Å²) in [6.07, 6.45) is 0.695. The van der Waals surface area contributed by atoms with Crippen LogP contribution in [0.15, 0.2) is 30.3 Å². The van der Waals surface area contributed by atoms with E-state index >= 15 is 0 Å². The van der Waals surface area contributed by atoms with Gasteiger partial charge in [-0.2, -0.15) is 0 Å². The second kappa shape index (κ2) is 9.79. The van der Waals surface area contributed by atoms with E-state index in [2.05, 4.69) is 5.32 Å². The Morgan fingerprint density at radius 2 is 1.76 bits per heavy atom. The van der Waals surface area contributed by atoms with Gasteiger partial charge in [0.2, 0.25) is 5.91 Å². The maximum absolute atomic E-state index is 11.2. The Hall–Kier alpha value is -0.204. The third kappa shape index (κ3) is 8.51. The molecule has 2 N–H and O–H groups in total. The molecule has 0 aromatic heterocycles. The molecule has 1 amide bonds. The van der Waals surface area contributed by atoms with Crippen molar-refractivity contribution in [2.75, 3.05) is 6.54 Å². The van der Waals surface area contributed by atoms with Gasteiger partial charge in [-0.3, -0.25) is 9.59 Å². The number of aliphatic carboxylic acids is 1. The smallest absolute Gasteiger partial charge is 0.481 e. The maximum atomic E-state index is 11.2. The molecule has 17 heavy (non-hydrogen) atoms. The van der Waals surface area contributed by atoms with Gasteiger partial charge in [-0.15, -0.1) is 0 Å². The van der Waals surface area contributed by atoms with Gasteiger partial charge in [0.05, 0.1) is 6.42 Å². The van der Waals surface area contributed by atoms with Gasteiger partial charge in [0, 0.05) is 13.0 Å². The van der Waals surface area contributed by atoms with Crippen molar-refractivity contribution in [2.24, 2.45) is 0 Å². The SMILES string of the molecule is O=C(O)CCC(=O)NCCc1ccccc1.[K+]. The van der Waals surface area contributed by atoms with Gasteiger partial charge in [-0.25, -0.2) is 0 Å². The zero-order chi connectivity index (χ0) is 11.8. The zero-order valence-corrected chi connectivity index (χ0v) is 13.1. The van der Waals surface area contributed by atoms with E-state index in [0.717, 1.165) is 12.0 Å². The minimum absolute atomic E-state index is 0. The molecule has 0 aliphatic rings. The number of carboxylic acid groups (broad SMARTS) is 1. The third-order valence-electron chi connectivity index (χ3n) is 2.14. The zero-order valence-electron chi connectivity index (χ0n) is 9.98. The molecule has 4 nitrogen and oxygen atoms in total. The van der Waals surface area contributed by atoms with Crippen LogP contribution in [-0.4, -0.2) is 23.5 Å². The molecule has 5 heteroatoms. The van der Waals surface area contributed by atoms with Crippen LogP contribution in [0.2, 0.25) is 0 Å². The number of amides is 1. The number of nitrogens with one attached hydrogen (secondary N) is 1. The first-order valence-electron chi connectivity index (χ1n) is 5.21. The van der Waals surface area contributed by atoms with Crippen molar-refractivity contribution in [1.82, 2.24) is 5.32 Å². The molecule has 86 valence electrons. The van der Waals surface area contributed by atoms with Crippen LogP contribution in [0, 0.1) is 0 Å². The first-order valence-corrected chi connectivity index (χ1v) is 5.21. The summed E-state index contributed by atoms with van der Waals surface area (Å²) in [5.74, 6) is -1.16. The van der Waals surface area contributed by atoms with E-state index in [9.17, 15) is 9.59 Å². The molecule has 0 unspecified atom stereocenters. The predicted octanol–water partition coefficient (Wildman–Crippen LogP) is -1.79. The predicted molar refractivity (Wildman–Crippen MR) is 60.0 cm³/mol. The van der Waals surface area contributed by atoms with Crippen molar-refractivity contribution >= 4 is 11.9 Å². The van der Waals surface area contributed by atoms with E-state index in [4.69, 9.17) is 5.11 Å². The summed E-state index contributed by atoms with van der Waals surface area (Å²) in [7, 11) is 0. The molecule has 0 fully saturated rings. The standard InChI is InChI=1S/C12H15NO3.K/c14-11(6-7-12(15)16)13-9-8-10-4-2-1-3-5-10;/h1-5H,6-9H2,(H,13,14)(H,15,16);/q;+1. The van der Waals surface area contributed by atoms with Crippen LogP contribution in [-0.2, 0) is 16.0 Å². The topological polar surface area (TPSA) is 66.4 Å². The molecule has 1 aromatic rings. The number of benzene rings is 1. The summed E-state index contributed by atoms with van der Waals surface area (Å²) in [6, 6.07) is 9.81. The number of carbonyl (C=O) groups is 2. The molecule has 0 atom stereocenters. The second-order valence-electron chi connectivity index (χ2n) is 3.48. The number of rotatable bonds is 6. The van der Waals surface area contributed by atoms with Crippen LogP contribution in [0.25, 0.3) is 0 Å². The van der Waals surface area contributed by atoms with Gasteiger partial charge in [0.1, 0.15) is 0 Å². The van der Waals surface area contributed by atoms with Gasteiger partial charge in [0.15, 0.2) is 0 Å². The van der Waals surface area contributed by atoms with Gasteiger partial charge in [0.25, 0.3) is 0 Å². The molecular weight excluding hydrogens is 245 g/mol. The third-order valence-corrected chi connectivity index (χ3v) is 2.14. The maximum Gasteiger partial charge on any atom is 1.00 e. The molecule has 1 rings (SSSR count). The van der Waals surface area contributed by atoms with Crippen LogP contribution in [0.1, 0.15) is 18.4 Å². The fourth-order valence-electron chi connectivity index (χ4n) is 1.30.